The van der Waals surface area contributed by atoms with Gasteiger partial charge in [-0.2, -0.15) is 0 Å². The Kier molecular flexibility index (Phi) is 5.10. The molecule has 0 amide bonds. The molecule has 0 fully saturated rings. The number of likely N-dealkylation sites (N-methyl/N-ethyl adjacent to an activating group) is 1. The van der Waals surface area contributed by atoms with Crippen LogP contribution in [-0.4, -0.2) is 27.6 Å². The topological polar surface area (TPSA) is 42.7 Å². The van der Waals surface area contributed by atoms with Gasteiger partial charge in [0.2, 0.25) is 0 Å². The molecule has 2 rings (SSSR count). The molecule has 1 atom stereocenters. The second-order valence-electron chi connectivity index (χ2n) is 4.71. The van der Waals surface area contributed by atoms with Crippen LogP contribution in [0.25, 0.3) is 0 Å². The fourth-order valence-corrected chi connectivity index (χ4v) is 2.28. The number of rotatable bonds is 7. The molecule has 0 aliphatic carbocycles. The highest BCUT2D eigenvalue weighted by atomic mass is 15.1. The van der Waals surface area contributed by atoms with Gasteiger partial charge in [-0.3, -0.25) is 4.98 Å². The van der Waals surface area contributed by atoms with Crippen LogP contribution < -0.4 is 5.32 Å². The number of imidazole rings is 1. The molecule has 4 heteroatoms. The molecular weight excluding hydrogens is 236 g/mol. The predicted octanol–water partition coefficient (Wildman–Crippen LogP) is 2.06. The lowest BCUT2D eigenvalue weighted by Gasteiger charge is -2.16. The molecule has 2 aromatic heterocycles. The number of pyridine rings is 1. The van der Waals surface area contributed by atoms with Crippen molar-refractivity contribution in [2.75, 3.05) is 7.05 Å². The van der Waals surface area contributed by atoms with Crippen molar-refractivity contribution in [1.82, 2.24) is 19.9 Å². The van der Waals surface area contributed by atoms with Crippen LogP contribution in [-0.2, 0) is 19.4 Å². The summed E-state index contributed by atoms with van der Waals surface area (Å²) in [5.41, 5.74) is 1.34. The van der Waals surface area contributed by atoms with E-state index >= 15 is 0 Å². The maximum Gasteiger partial charge on any atom is 0.110 e. The van der Waals surface area contributed by atoms with E-state index in [1.54, 1.807) is 0 Å². The minimum Gasteiger partial charge on any atom is -0.335 e. The summed E-state index contributed by atoms with van der Waals surface area (Å²) in [7, 11) is 2.02. The van der Waals surface area contributed by atoms with Crippen molar-refractivity contribution in [2.45, 2.75) is 38.8 Å². The number of hydrogen-bond acceptors (Lipinski definition) is 3. The van der Waals surface area contributed by atoms with Gasteiger partial charge in [0.05, 0.1) is 0 Å². The van der Waals surface area contributed by atoms with Gasteiger partial charge in [0.15, 0.2) is 0 Å². The zero-order valence-corrected chi connectivity index (χ0v) is 11.7. The molecule has 1 unspecified atom stereocenters. The number of aryl methyl sites for hydroxylation is 2. The van der Waals surface area contributed by atoms with Crippen molar-refractivity contribution in [3.05, 3.63) is 48.3 Å². The van der Waals surface area contributed by atoms with E-state index in [9.17, 15) is 0 Å². The van der Waals surface area contributed by atoms with Crippen molar-refractivity contribution in [3.63, 3.8) is 0 Å². The average Bonchev–Trinajstić information content (AvgIpc) is 2.91. The van der Waals surface area contributed by atoms with E-state index in [0.29, 0.717) is 6.04 Å². The van der Waals surface area contributed by atoms with Gasteiger partial charge in [-0.05, 0) is 44.5 Å². The van der Waals surface area contributed by atoms with Crippen molar-refractivity contribution < 1.29 is 0 Å². The Morgan fingerprint density at radius 2 is 2.05 bits per heavy atom. The van der Waals surface area contributed by atoms with Gasteiger partial charge in [0.25, 0.3) is 0 Å². The van der Waals surface area contributed by atoms with Crippen LogP contribution in [0.2, 0.25) is 0 Å². The van der Waals surface area contributed by atoms with Gasteiger partial charge in [0.1, 0.15) is 5.82 Å². The monoisotopic (exact) mass is 258 g/mol. The first kappa shape index (κ1) is 13.7. The maximum absolute atomic E-state index is 4.44. The zero-order chi connectivity index (χ0) is 13.5. The minimum absolute atomic E-state index is 0.459. The summed E-state index contributed by atoms with van der Waals surface area (Å²) in [5, 5.41) is 3.39. The van der Waals surface area contributed by atoms with E-state index in [4.69, 9.17) is 0 Å². The van der Waals surface area contributed by atoms with Crippen molar-refractivity contribution in [1.29, 1.82) is 0 Å². The average molecular weight is 258 g/mol. The van der Waals surface area contributed by atoms with E-state index in [1.165, 1.54) is 5.56 Å². The molecule has 4 nitrogen and oxygen atoms in total. The third-order valence-electron chi connectivity index (χ3n) is 3.51. The van der Waals surface area contributed by atoms with Crippen LogP contribution in [0.3, 0.4) is 0 Å². The van der Waals surface area contributed by atoms with Gasteiger partial charge in [-0.25, -0.2) is 4.98 Å². The molecule has 0 aliphatic heterocycles. The molecular formula is C15H22N4. The molecule has 0 saturated carbocycles. The molecule has 0 spiro atoms. The molecule has 0 aromatic carbocycles. The number of aromatic nitrogens is 3. The lowest BCUT2D eigenvalue weighted by molar-refractivity contribution is 0.497. The molecule has 0 aliphatic rings. The second-order valence-corrected chi connectivity index (χ2v) is 4.71. The summed E-state index contributed by atoms with van der Waals surface area (Å²) in [5.74, 6) is 1.16. The highest BCUT2D eigenvalue weighted by molar-refractivity contribution is 5.10. The fourth-order valence-electron chi connectivity index (χ4n) is 2.28. The molecule has 1 N–H and O–H groups in total. The molecule has 2 aromatic rings. The third-order valence-corrected chi connectivity index (χ3v) is 3.51. The van der Waals surface area contributed by atoms with E-state index in [1.807, 2.05) is 31.8 Å². The lowest BCUT2D eigenvalue weighted by Crippen LogP contribution is -2.29. The van der Waals surface area contributed by atoms with Crippen molar-refractivity contribution >= 4 is 0 Å². The maximum atomic E-state index is 4.44. The summed E-state index contributed by atoms with van der Waals surface area (Å²) in [6.45, 7) is 3.13. The first-order valence-electron chi connectivity index (χ1n) is 6.89. The first-order chi connectivity index (χ1) is 9.33. The first-order valence-corrected chi connectivity index (χ1v) is 6.89. The lowest BCUT2D eigenvalue weighted by atomic mass is 10.0. The number of nitrogens with zero attached hydrogens (tertiary/aromatic N) is 3. The molecule has 2 heterocycles. The molecule has 0 bridgehead atoms. The highest BCUT2D eigenvalue weighted by Gasteiger charge is 2.11. The SMILES string of the molecule is CCn1ccnc1CC(CCc1ccncc1)NC. The molecule has 0 saturated heterocycles. The quantitative estimate of drug-likeness (QED) is 0.826. The minimum atomic E-state index is 0.459. The standard InChI is InChI=1S/C15H22N4/c1-3-19-11-10-18-15(19)12-14(16-2)5-4-13-6-8-17-9-7-13/h6-11,14,16H,3-5,12H2,1-2H3. The van der Waals surface area contributed by atoms with E-state index in [2.05, 4.69) is 38.9 Å². The summed E-state index contributed by atoms with van der Waals surface area (Å²) >= 11 is 0. The summed E-state index contributed by atoms with van der Waals surface area (Å²) in [6, 6.07) is 4.63. The Hall–Kier alpha value is -1.68. The third kappa shape index (κ3) is 3.89. The Morgan fingerprint density at radius 1 is 1.26 bits per heavy atom. The van der Waals surface area contributed by atoms with Crippen molar-refractivity contribution in [3.8, 4) is 0 Å². The Bertz CT molecular complexity index is 478. The predicted molar refractivity (Wildman–Crippen MR) is 77.0 cm³/mol. The fraction of sp³-hybridized carbons (Fsp3) is 0.467. The van der Waals surface area contributed by atoms with Crippen LogP contribution in [0.1, 0.15) is 24.7 Å². The smallest absolute Gasteiger partial charge is 0.110 e. The van der Waals surface area contributed by atoms with Gasteiger partial charge in [-0.1, -0.05) is 0 Å². The van der Waals surface area contributed by atoms with Crippen molar-refractivity contribution in [2.24, 2.45) is 0 Å². The summed E-state index contributed by atoms with van der Waals surface area (Å²) in [6.07, 6.45) is 10.8. The Labute approximate surface area is 114 Å². The van der Waals surface area contributed by atoms with Gasteiger partial charge in [0, 0.05) is 43.8 Å². The van der Waals surface area contributed by atoms with Crippen LogP contribution in [0.4, 0.5) is 0 Å². The normalized spacial score (nSPS) is 12.5. The Balaban J connectivity index is 1.90. The highest BCUT2D eigenvalue weighted by Crippen LogP contribution is 2.08. The van der Waals surface area contributed by atoms with Crippen LogP contribution in [0.15, 0.2) is 36.9 Å². The second kappa shape index (κ2) is 7.04. The van der Waals surface area contributed by atoms with Gasteiger partial charge < -0.3 is 9.88 Å². The van der Waals surface area contributed by atoms with Crippen LogP contribution >= 0.6 is 0 Å². The zero-order valence-electron chi connectivity index (χ0n) is 11.7. The van der Waals surface area contributed by atoms with Crippen LogP contribution in [0.5, 0.6) is 0 Å². The number of hydrogen-bond donors (Lipinski definition) is 1. The van der Waals surface area contributed by atoms with Gasteiger partial charge in [-0.15, -0.1) is 0 Å². The Morgan fingerprint density at radius 3 is 2.74 bits per heavy atom. The van der Waals surface area contributed by atoms with E-state index in [-0.39, 0.29) is 0 Å². The summed E-state index contributed by atoms with van der Waals surface area (Å²) < 4.78 is 2.21. The van der Waals surface area contributed by atoms with E-state index < -0.39 is 0 Å². The molecule has 102 valence electrons. The molecule has 19 heavy (non-hydrogen) atoms. The summed E-state index contributed by atoms with van der Waals surface area (Å²) in [4.78, 5) is 8.49. The number of nitrogens with one attached hydrogen (secondary N) is 1. The van der Waals surface area contributed by atoms with Gasteiger partial charge >= 0.3 is 0 Å². The molecule has 0 radical (unpaired) electrons. The van der Waals surface area contributed by atoms with E-state index in [0.717, 1.165) is 31.6 Å². The largest absolute Gasteiger partial charge is 0.335 e. The van der Waals surface area contributed by atoms with Crippen LogP contribution in [0, 0.1) is 0 Å².